The third kappa shape index (κ3) is 3.82. The molecule has 0 radical (unpaired) electrons. The van der Waals surface area contributed by atoms with E-state index in [1.165, 1.54) is 44.9 Å². The summed E-state index contributed by atoms with van der Waals surface area (Å²) < 4.78 is 0. The first kappa shape index (κ1) is 18.8. The second-order valence-electron chi connectivity index (χ2n) is 8.74. The van der Waals surface area contributed by atoms with Crippen LogP contribution >= 0.6 is 0 Å². The van der Waals surface area contributed by atoms with Crippen molar-refractivity contribution in [1.29, 1.82) is 0 Å². The molecular formula is C23H31N5O. The average Bonchev–Trinajstić information content (AvgIpc) is 3.33. The van der Waals surface area contributed by atoms with Gasteiger partial charge in [-0.1, -0.05) is 19.3 Å². The van der Waals surface area contributed by atoms with Gasteiger partial charge in [0, 0.05) is 56.3 Å². The van der Waals surface area contributed by atoms with Gasteiger partial charge in [0.25, 0.3) is 5.91 Å². The van der Waals surface area contributed by atoms with Crippen molar-refractivity contribution in [2.24, 2.45) is 0 Å². The Morgan fingerprint density at radius 2 is 1.62 bits per heavy atom. The Balaban J connectivity index is 1.31. The second-order valence-corrected chi connectivity index (χ2v) is 8.74. The summed E-state index contributed by atoms with van der Waals surface area (Å²) in [7, 11) is 0. The fraction of sp³-hybridized carbons (Fsp3) is 0.609. The van der Waals surface area contributed by atoms with E-state index in [0.29, 0.717) is 0 Å². The first-order chi connectivity index (χ1) is 14.3. The van der Waals surface area contributed by atoms with Gasteiger partial charge in [-0.15, -0.1) is 0 Å². The summed E-state index contributed by atoms with van der Waals surface area (Å²) in [5.74, 6) is 1.12. The number of benzene rings is 1. The van der Waals surface area contributed by atoms with Gasteiger partial charge in [0.2, 0.25) is 0 Å². The van der Waals surface area contributed by atoms with Crippen LogP contribution in [0.2, 0.25) is 0 Å². The number of rotatable bonds is 3. The van der Waals surface area contributed by atoms with Crippen molar-refractivity contribution in [3.05, 3.63) is 30.1 Å². The number of nitrogens with zero attached hydrogens (tertiary/aromatic N) is 5. The first-order valence-electron chi connectivity index (χ1n) is 11.3. The van der Waals surface area contributed by atoms with Gasteiger partial charge in [-0.3, -0.25) is 9.69 Å². The molecule has 3 fully saturated rings. The van der Waals surface area contributed by atoms with Gasteiger partial charge in [-0.2, -0.15) is 0 Å². The molecule has 3 aliphatic rings. The van der Waals surface area contributed by atoms with Gasteiger partial charge < -0.3 is 9.80 Å². The summed E-state index contributed by atoms with van der Waals surface area (Å²) >= 11 is 0. The van der Waals surface area contributed by atoms with E-state index in [4.69, 9.17) is 0 Å². The van der Waals surface area contributed by atoms with Gasteiger partial charge in [0.1, 0.15) is 12.1 Å². The number of carbonyl (C=O) groups excluding carboxylic acids is 1. The van der Waals surface area contributed by atoms with E-state index >= 15 is 0 Å². The maximum atomic E-state index is 13.2. The van der Waals surface area contributed by atoms with Gasteiger partial charge in [-0.05, 0) is 43.9 Å². The number of carbonyl (C=O) groups is 1. The Morgan fingerprint density at radius 3 is 2.38 bits per heavy atom. The number of hydrogen-bond donors (Lipinski definition) is 0. The summed E-state index contributed by atoms with van der Waals surface area (Å²) in [5, 5.41) is 1.00. The summed E-state index contributed by atoms with van der Waals surface area (Å²) in [6.45, 7) is 5.74. The molecule has 3 heterocycles. The highest BCUT2D eigenvalue weighted by atomic mass is 16.2. The number of hydrogen-bond acceptors (Lipinski definition) is 5. The van der Waals surface area contributed by atoms with Crippen LogP contribution in [-0.4, -0.2) is 71.0 Å². The molecule has 1 amide bonds. The molecule has 0 bridgehead atoms. The average molecular weight is 394 g/mol. The van der Waals surface area contributed by atoms with Gasteiger partial charge in [-0.25, -0.2) is 9.97 Å². The lowest BCUT2D eigenvalue weighted by molar-refractivity contribution is 0.0523. The molecule has 2 aromatic rings. The van der Waals surface area contributed by atoms with Crippen molar-refractivity contribution in [3.8, 4) is 0 Å². The summed E-state index contributed by atoms with van der Waals surface area (Å²) in [6, 6.07) is 6.65. The van der Waals surface area contributed by atoms with Crippen LogP contribution in [0.4, 0.5) is 5.82 Å². The quantitative estimate of drug-likeness (QED) is 0.801. The Hall–Kier alpha value is -2.21. The summed E-state index contributed by atoms with van der Waals surface area (Å²) in [6.07, 6.45) is 10.8. The zero-order valence-electron chi connectivity index (χ0n) is 17.2. The van der Waals surface area contributed by atoms with Crippen LogP contribution < -0.4 is 4.90 Å². The largest absolute Gasteiger partial charge is 0.356 e. The Morgan fingerprint density at radius 1 is 0.862 bits per heavy atom. The van der Waals surface area contributed by atoms with Gasteiger partial charge in [0.05, 0.1) is 5.52 Å². The number of anilines is 1. The number of aromatic nitrogens is 2. The number of fused-ring (bicyclic) bond motifs is 1. The lowest BCUT2D eigenvalue weighted by Gasteiger charge is -2.40. The minimum Gasteiger partial charge on any atom is -0.356 e. The third-order valence-electron chi connectivity index (χ3n) is 6.96. The monoisotopic (exact) mass is 393 g/mol. The molecule has 0 atom stereocenters. The Kier molecular flexibility index (Phi) is 5.36. The minimum absolute atomic E-state index is 0.145. The van der Waals surface area contributed by atoms with Crippen molar-refractivity contribution in [3.63, 3.8) is 0 Å². The van der Waals surface area contributed by atoms with Crippen LogP contribution in [0.3, 0.4) is 0 Å². The lowest BCUT2D eigenvalue weighted by Crippen LogP contribution is -2.52. The van der Waals surface area contributed by atoms with Crippen LogP contribution in [0.25, 0.3) is 10.9 Å². The number of amides is 1. The molecule has 1 aromatic carbocycles. The highest BCUT2D eigenvalue weighted by Gasteiger charge is 2.28. The van der Waals surface area contributed by atoms with Crippen molar-refractivity contribution in [1.82, 2.24) is 19.8 Å². The molecular weight excluding hydrogens is 362 g/mol. The number of piperazine rings is 1. The fourth-order valence-electron chi connectivity index (χ4n) is 5.28. The minimum atomic E-state index is 0.145. The fourth-order valence-corrected chi connectivity index (χ4v) is 5.28. The molecule has 0 unspecified atom stereocenters. The van der Waals surface area contributed by atoms with Crippen LogP contribution in [0.15, 0.2) is 24.5 Å². The van der Waals surface area contributed by atoms with Crippen LogP contribution in [0, 0.1) is 0 Å². The molecule has 2 saturated heterocycles. The lowest BCUT2D eigenvalue weighted by atomic mass is 9.94. The van der Waals surface area contributed by atoms with E-state index in [-0.39, 0.29) is 5.91 Å². The molecule has 1 aliphatic carbocycles. The summed E-state index contributed by atoms with van der Waals surface area (Å²) in [5.41, 5.74) is 1.68. The Labute approximate surface area is 172 Å². The zero-order valence-corrected chi connectivity index (χ0v) is 17.2. The second kappa shape index (κ2) is 8.27. The van der Waals surface area contributed by atoms with Crippen LogP contribution in [-0.2, 0) is 0 Å². The van der Waals surface area contributed by atoms with Crippen molar-refractivity contribution < 1.29 is 4.79 Å². The molecule has 29 heavy (non-hydrogen) atoms. The summed E-state index contributed by atoms with van der Waals surface area (Å²) in [4.78, 5) is 29.1. The molecule has 5 rings (SSSR count). The highest BCUT2D eigenvalue weighted by Crippen LogP contribution is 2.28. The molecule has 0 spiro atoms. The maximum absolute atomic E-state index is 13.2. The van der Waals surface area contributed by atoms with Crippen molar-refractivity contribution in [2.45, 2.75) is 51.0 Å². The van der Waals surface area contributed by atoms with Crippen molar-refractivity contribution in [2.75, 3.05) is 44.2 Å². The Bertz CT molecular complexity index is 865. The zero-order chi connectivity index (χ0) is 19.6. The predicted molar refractivity (Wildman–Crippen MR) is 115 cm³/mol. The third-order valence-corrected chi connectivity index (χ3v) is 6.96. The van der Waals surface area contributed by atoms with E-state index in [0.717, 1.165) is 67.6 Å². The van der Waals surface area contributed by atoms with Crippen LogP contribution in [0.1, 0.15) is 55.3 Å². The predicted octanol–water partition coefficient (Wildman–Crippen LogP) is 3.32. The first-order valence-corrected chi connectivity index (χ1v) is 11.3. The standard InChI is InChI=1S/C23H31N5O/c29-23(28-14-12-26(13-15-28)19-6-2-1-3-7-19)18-8-9-21-20(16-18)22(25-17-24-21)27-10-4-5-11-27/h8-9,16-17,19H,1-7,10-15H2. The normalized spacial score (nSPS) is 21.8. The molecule has 2 aliphatic heterocycles. The van der Waals surface area contributed by atoms with E-state index in [2.05, 4.69) is 19.8 Å². The van der Waals surface area contributed by atoms with Crippen LogP contribution in [0.5, 0.6) is 0 Å². The van der Waals surface area contributed by atoms with E-state index in [1.54, 1.807) is 6.33 Å². The maximum Gasteiger partial charge on any atom is 0.253 e. The topological polar surface area (TPSA) is 52.6 Å². The SMILES string of the molecule is O=C(c1ccc2ncnc(N3CCCC3)c2c1)N1CCN(C2CCCCC2)CC1. The van der Waals surface area contributed by atoms with Gasteiger partial charge >= 0.3 is 0 Å². The molecule has 1 aromatic heterocycles. The van der Waals surface area contributed by atoms with E-state index < -0.39 is 0 Å². The molecule has 6 nitrogen and oxygen atoms in total. The molecule has 154 valence electrons. The molecule has 0 N–H and O–H groups in total. The van der Waals surface area contributed by atoms with Crippen molar-refractivity contribution >= 4 is 22.6 Å². The molecule has 6 heteroatoms. The van der Waals surface area contributed by atoms with E-state index in [9.17, 15) is 4.79 Å². The van der Waals surface area contributed by atoms with E-state index in [1.807, 2.05) is 23.1 Å². The van der Waals surface area contributed by atoms with Gasteiger partial charge in [0.15, 0.2) is 0 Å². The molecule has 1 saturated carbocycles. The smallest absolute Gasteiger partial charge is 0.253 e. The highest BCUT2D eigenvalue weighted by molar-refractivity contribution is 6.00.